The van der Waals surface area contributed by atoms with Crippen molar-refractivity contribution in [3.05, 3.63) is 35.4 Å². The fourth-order valence-electron chi connectivity index (χ4n) is 5.46. The van der Waals surface area contributed by atoms with Gasteiger partial charge < -0.3 is 15.5 Å². The molecule has 2 saturated carbocycles. The molecule has 0 amide bonds. The van der Waals surface area contributed by atoms with Crippen molar-refractivity contribution in [2.24, 2.45) is 26.3 Å². The van der Waals surface area contributed by atoms with E-state index < -0.39 is 0 Å². The van der Waals surface area contributed by atoms with E-state index in [0.29, 0.717) is 17.4 Å². The molecule has 0 aromatic heterocycles. The first-order valence-electron chi connectivity index (χ1n) is 12.8. The fraction of sp³-hybridized carbons (Fsp3) is 0.667. The predicted octanol–water partition coefficient (Wildman–Crippen LogP) is 5.42. The highest BCUT2D eigenvalue weighted by Crippen LogP contribution is 2.52. The zero-order valence-corrected chi connectivity index (χ0v) is 21.6. The van der Waals surface area contributed by atoms with Crippen molar-refractivity contribution >= 4 is 17.9 Å². The number of hydrogen-bond acceptors (Lipinski definition) is 4. The Labute approximate surface area is 201 Å². The average molecular weight is 453 g/mol. The van der Waals surface area contributed by atoms with Gasteiger partial charge in [0.15, 0.2) is 0 Å². The first kappa shape index (κ1) is 25.4. The second-order valence-corrected chi connectivity index (χ2v) is 10.2. The van der Waals surface area contributed by atoms with Gasteiger partial charge in [0.2, 0.25) is 0 Å². The summed E-state index contributed by atoms with van der Waals surface area (Å²) < 4.78 is 0. The van der Waals surface area contributed by atoms with Crippen LogP contribution >= 0.6 is 0 Å². The maximum atomic E-state index is 5.08. The summed E-state index contributed by atoms with van der Waals surface area (Å²) in [5.41, 5.74) is 2.72. The summed E-state index contributed by atoms with van der Waals surface area (Å²) in [6.07, 6.45) is 16.7. The van der Waals surface area contributed by atoms with Crippen LogP contribution in [0.1, 0.15) is 79.6 Å². The molecule has 0 atom stereocenters. The highest BCUT2D eigenvalue weighted by molar-refractivity contribution is 5.95. The molecule has 0 spiro atoms. The van der Waals surface area contributed by atoms with Crippen LogP contribution in [0.5, 0.6) is 0 Å². The van der Waals surface area contributed by atoms with E-state index in [9.17, 15) is 0 Å². The molecule has 0 aromatic carbocycles. The van der Waals surface area contributed by atoms with Crippen molar-refractivity contribution in [3.8, 4) is 0 Å². The van der Waals surface area contributed by atoms with Gasteiger partial charge in [0, 0.05) is 30.3 Å². The minimum Gasteiger partial charge on any atom is -0.353 e. The van der Waals surface area contributed by atoms with Gasteiger partial charge in [-0.3, -0.25) is 0 Å². The highest BCUT2D eigenvalue weighted by Gasteiger charge is 2.55. The van der Waals surface area contributed by atoms with E-state index in [2.05, 4.69) is 66.3 Å². The Bertz CT molecular complexity index is 844. The molecule has 0 radical (unpaired) electrons. The van der Waals surface area contributed by atoms with Gasteiger partial charge in [-0.15, -0.1) is 0 Å². The number of nitrogens with zero attached hydrogens (tertiary/aromatic N) is 4. The van der Waals surface area contributed by atoms with Gasteiger partial charge >= 0.3 is 0 Å². The zero-order valence-electron chi connectivity index (χ0n) is 21.6. The number of nitrogens with one attached hydrogen (secondary N) is 2. The van der Waals surface area contributed by atoms with E-state index in [1.54, 1.807) is 6.34 Å². The number of allylic oxidation sites excluding steroid dienone is 3. The minimum atomic E-state index is 0.417. The molecule has 6 heteroatoms. The third-order valence-corrected chi connectivity index (χ3v) is 7.19. The number of rotatable bonds is 10. The van der Waals surface area contributed by atoms with Crippen LogP contribution in [0.2, 0.25) is 0 Å². The van der Waals surface area contributed by atoms with Gasteiger partial charge in [-0.25, -0.2) is 15.0 Å². The van der Waals surface area contributed by atoms with Crippen LogP contribution in [0.15, 0.2) is 50.4 Å². The summed E-state index contributed by atoms with van der Waals surface area (Å²) in [5.74, 6) is 3.32. The molecule has 2 saturated heterocycles. The van der Waals surface area contributed by atoms with Crippen molar-refractivity contribution in [1.29, 1.82) is 0 Å². The van der Waals surface area contributed by atoms with Gasteiger partial charge in [0.05, 0.1) is 0 Å². The molecule has 0 unspecified atom stereocenters. The summed E-state index contributed by atoms with van der Waals surface area (Å²) in [6.45, 7) is 12.6. The molecule has 2 bridgehead atoms. The standard InChI is InChI=1S/C27H44N6/c1-7-11-24(31-25(12-8-2)33-18-27(17-28-6)15-23(33)16-27)32-26(20(3)4)30-19-29-21(5)22-13-9-10-14-22/h7,11-12,19,22-23,28H,8-10,13-18H2,1-6H3,(H,31,32)/b11-7-,25-12-,29-21?,30-19-. The van der Waals surface area contributed by atoms with Crippen LogP contribution in [0.25, 0.3) is 0 Å². The Hall–Kier alpha value is -2.21. The molecule has 4 fully saturated rings. The molecular weight excluding hydrogens is 408 g/mol. The number of fused-ring (bicyclic) bond motifs is 1. The highest BCUT2D eigenvalue weighted by atomic mass is 15.3. The first-order valence-corrected chi connectivity index (χ1v) is 12.8. The molecule has 6 nitrogen and oxygen atoms in total. The van der Waals surface area contributed by atoms with E-state index in [4.69, 9.17) is 4.99 Å². The maximum absolute atomic E-state index is 5.08. The number of aliphatic imine (C=N–C) groups is 3. The van der Waals surface area contributed by atoms with Crippen LogP contribution in [0, 0.1) is 11.3 Å². The van der Waals surface area contributed by atoms with Gasteiger partial charge in [-0.2, -0.15) is 0 Å². The van der Waals surface area contributed by atoms with Crippen LogP contribution in [0.4, 0.5) is 0 Å². The summed E-state index contributed by atoms with van der Waals surface area (Å²) in [4.78, 5) is 16.9. The van der Waals surface area contributed by atoms with Gasteiger partial charge in [-0.1, -0.05) is 25.8 Å². The lowest BCUT2D eigenvalue weighted by atomic mass is 9.70. The number of amidine groups is 1. The molecule has 4 rings (SSSR count). The maximum Gasteiger partial charge on any atom is 0.133 e. The van der Waals surface area contributed by atoms with E-state index in [1.165, 1.54) is 44.2 Å². The molecule has 2 aliphatic heterocycles. The quantitative estimate of drug-likeness (QED) is 0.344. The first-order chi connectivity index (χ1) is 15.9. The monoisotopic (exact) mass is 452 g/mol. The van der Waals surface area contributed by atoms with Crippen LogP contribution in [-0.2, 0) is 0 Å². The molecule has 2 aliphatic carbocycles. The molecule has 2 heterocycles. The Balaban J connectivity index is 1.75. The lowest BCUT2D eigenvalue weighted by Crippen LogP contribution is -2.41. The van der Waals surface area contributed by atoms with Crippen molar-refractivity contribution in [2.75, 3.05) is 20.1 Å². The summed E-state index contributed by atoms with van der Waals surface area (Å²) in [7, 11) is 2.06. The topological polar surface area (TPSA) is 64.4 Å². The van der Waals surface area contributed by atoms with E-state index >= 15 is 0 Å². The molecule has 4 aliphatic rings. The summed E-state index contributed by atoms with van der Waals surface area (Å²) in [6, 6.07) is 0.612. The van der Waals surface area contributed by atoms with E-state index in [1.807, 2.05) is 19.1 Å². The lowest BCUT2D eigenvalue weighted by Gasteiger charge is -2.36. The number of hydrogen-bond donors (Lipinski definition) is 2. The Morgan fingerprint density at radius 2 is 1.88 bits per heavy atom. The second-order valence-electron chi connectivity index (χ2n) is 10.2. The minimum absolute atomic E-state index is 0.417. The summed E-state index contributed by atoms with van der Waals surface area (Å²) >= 11 is 0. The SMILES string of the molecule is C\C=C/C(=N\C(=C\CC)N1CC2(CNC)CC1C2)NC(/N=C\N=C(C)C1CCCC1)=C(C)C. The van der Waals surface area contributed by atoms with Crippen LogP contribution in [-0.4, -0.2) is 49.0 Å². The average Bonchev–Trinajstić information content (AvgIpc) is 3.48. The summed E-state index contributed by atoms with van der Waals surface area (Å²) in [5, 5.41) is 6.86. The van der Waals surface area contributed by atoms with E-state index in [0.717, 1.165) is 42.6 Å². The predicted molar refractivity (Wildman–Crippen MR) is 142 cm³/mol. The zero-order chi connectivity index (χ0) is 23.8. The molecule has 33 heavy (non-hydrogen) atoms. The normalized spacial score (nSPS) is 26.5. The van der Waals surface area contributed by atoms with Crippen LogP contribution < -0.4 is 10.6 Å². The van der Waals surface area contributed by atoms with Gasteiger partial charge in [0.1, 0.15) is 23.8 Å². The fourth-order valence-corrected chi connectivity index (χ4v) is 5.46. The van der Waals surface area contributed by atoms with Gasteiger partial charge in [-0.05, 0) is 90.5 Å². The smallest absolute Gasteiger partial charge is 0.133 e. The largest absolute Gasteiger partial charge is 0.353 e. The lowest BCUT2D eigenvalue weighted by molar-refractivity contribution is 0.183. The Kier molecular flexibility index (Phi) is 9.07. The molecule has 2 N–H and O–H groups in total. The third-order valence-electron chi connectivity index (χ3n) is 7.19. The van der Waals surface area contributed by atoms with Crippen molar-refractivity contribution in [3.63, 3.8) is 0 Å². The van der Waals surface area contributed by atoms with Crippen molar-refractivity contribution in [2.45, 2.75) is 85.6 Å². The second kappa shape index (κ2) is 11.8. The van der Waals surface area contributed by atoms with E-state index in [-0.39, 0.29) is 0 Å². The van der Waals surface area contributed by atoms with Crippen molar-refractivity contribution in [1.82, 2.24) is 15.5 Å². The molecule has 182 valence electrons. The molecule has 0 aromatic rings. The van der Waals surface area contributed by atoms with Gasteiger partial charge in [0.25, 0.3) is 0 Å². The van der Waals surface area contributed by atoms with Crippen LogP contribution in [0.3, 0.4) is 0 Å². The van der Waals surface area contributed by atoms with Crippen molar-refractivity contribution < 1.29 is 0 Å². The Morgan fingerprint density at radius 3 is 2.48 bits per heavy atom. The Morgan fingerprint density at radius 1 is 1.15 bits per heavy atom. The third kappa shape index (κ3) is 6.44. The molecular formula is C27H44N6.